The number of carboxylic acid groups (broad SMARTS) is 1. The van der Waals surface area contributed by atoms with Crippen molar-refractivity contribution in [2.75, 3.05) is 7.11 Å². The number of aliphatic hydroxyl groups is 1. The van der Waals surface area contributed by atoms with Crippen LogP contribution in [0.3, 0.4) is 0 Å². The highest BCUT2D eigenvalue weighted by Crippen LogP contribution is 2.49. The molecular weight excluding hydrogens is 290 g/mol. The number of fused-ring (bicyclic) bond motifs is 1. The van der Waals surface area contributed by atoms with Crippen LogP contribution in [0, 0.1) is 23.7 Å². The number of nitrogens with two attached hydrogens (primary N) is 1. The molecule has 6 atom stereocenters. The Labute approximate surface area is 128 Å². The number of ketones is 1. The molecule has 0 saturated heterocycles. The number of aliphatic hydroxyl groups excluding tert-OH is 1. The minimum absolute atomic E-state index is 0.0971. The van der Waals surface area contributed by atoms with E-state index in [2.05, 4.69) is 6.58 Å². The maximum absolute atomic E-state index is 12.4. The summed E-state index contributed by atoms with van der Waals surface area (Å²) in [5, 5.41) is 19.3. The fourth-order valence-corrected chi connectivity index (χ4v) is 4.00. The first-order chi connectivity index (χ1) is 10.3. The summed E-state index contributed by atoms with van der Waals surface area (Å²) in [7, 11) is 1.22. The van der Waals surface area contributed by atoms with Crippen LogP contribution in [0.15, 0.2) is 12.7 Å². The van der Waals surface area contributed by atoms with Crippen LogP contribution in [-0.2, 0) is 19.1 Å². The lowest BCUT2D eigenvalue weighted by Gasteiger charge is -2.53. The van der Waals surface area contributed by atoms with E-state index in [1.165, 1.54) is 13.2 Å². The highest BCUT2D eigenvalue weighted by atomic mass is 16.5. The Morgan fingerprint density at radius 3 is 2.64 bits per heavy atom. The summed E-state index contributed by atoms with van der Waals surface area (Å²) in [5.74, 6) is -5.44. The Bertz CT molecular complexity index is 518. The van der Waals surface area contributed by atoms with Gasteiger partial charge in [-0.2, -0.15) is 0 Å². The van der Waals surface area contributed by atoms with Crippen molar-refractivity contribution in [1.82, 2.24) is 0 Å². The van der Waals surface area contributed by atoms with Crippen molar-refractivity contribution in [1.29, 1.82) is 0 Å². The first kappa shape index (κ1) is 16.6. The number of hydrogen-bond acceptors (Lipinski definition) is 6. The van der Waals surface area contributed by atoms with Gasteiger partial charge in [-0.25, -0.2) is 0 Å². The number of rotatable bonds is 3. The molecule has 0 spiro atoms. The Hall–Kier alpha value is -1.73. The van der Waals surface area contributed by atoms with Crippen molar-refractivity contribution < 1.29 is 29.3 Å². The zero-order valence-electron chi connectivity index (χ0n) is 12.4. The zero-order valence-corrected chi connectivity index (χ0v) is 12.4. The van der Waals surface area contributed by atoms with Crippen LogP contribution in [0.5, 0.6) is 0 Å². The Morgan fingerprint density at radius 2 is 2.14 bits per heavy atom. The van der Waals surface area contributed by atoms with Crippen molar-refractivity contribution in [3.8, 4) is 0 Å². The topological polar surface area (TPSA) is 127 Å². The second-order valence-electron chi connectivity index (χ2n) is 6.12. The third kappa shape index (κ3) is 2.34. The first-order valence-corrected chi connectivity index (χ1v) is 7.21. The third-order valence-corrected chi connectivity index (χ3v) is 5.13. The van der Waals surface area contributed by atoms with Crippen molar-refractivity contribution in [3.05, 3.63) is 12.7 Å². The number of esters is 1. The van der Waals surface area contributed by atoms with Crippen LogP contribution >= 0.6 is 0 Å². The fraction of sp³-hybridized carbons (Fsp3) is 0.667. The van der Waals surface area contributed by atoms with Gasteiger partial charge in [0.25, 0.3) is 0 Å². The average Bonchev–Trinajstić information content (AvgIpc) is 2.48. The van der Waals surface area contributed by atoms with E-state index in [0.29, 0.717) is 0 Å². The number of carboxylic acids is 1. The molecule has 4 N–H and O–H groups in total. The number of ether oxygens (including phenoxy) is 1. The second kappa shape index (κ2) is 5.81. The van der Waals surface area contributed by atoms with Gasteiger partial charge in [0.2, 0.25) is 0 Å². The molecule has 0 unspecified atom stereocenters. The van der Waals surface area contributed by atoms with Gasteiger partial charge in [0.05, 0.1) is 18.9 Å². The normalized spacial score (nSPS) is 41.4. The van der Waals surface area contributed by atoms with E-state index in [4.69, 9.17) is 10.5 Å². The molecule has 0 aliphatic heterocycles. The van der Waals surface area contributed by atoms with Gasteiger partial charge >= 0.3 is 11.9 Å². The fourth-order valence-electron chi connectivity index (χ4n) is 4.00. The smallest absolute Gasteiger partial charge is 0.310 e. The van der Waals surface area contributed by atoms with Gasteiger partial charge in [-0.15, -0.1) is 6.58 Å². The number of hydrogen-bond donors (Lipinski definition) is 3. The molecule has 22 heavy (non-hydrogen) atoms. The summed E-state index contributed by atoms with van der Waals surface area (Å²) in [4.78, 5) is 35.9. The molecule has 2 aliphatic rings. The molecule has 0 heterocycles. The summed E-state index contributed by atoms with van der Waals surface area (Å²) in [6, 6.07) is 0. The van der Waals surface area contributed by atoms with E-state index in [1.54, 1.807) is 0 Å². The Morgan fingerprint density at radius 1 is 1.50 bits per heavy atom. The summed E-state index contributed by atoms with van der Waals surface area (Å²) >= 11 is 0. The quantitative estimate of drug-likeness (QED) is 0.483. The molecule has 0 aromatic carbocycles. The third-order valence-electron chi connectivity index (χ3n) is 5.13. The molecule has 0 radical (unpaired) electrons. The number of methoxy groups -OCH3 is 1. The highest BCUT2D eigenvalue weighted by Gasteiger charge is 2.61. The van der Waals surface area contributed by atoms with E-state index in [1.807, 2.05) is 0 Å². The van der Waals surface area contributed by atoms with E-state index in [-0.39, 0.29) is 19.3 Å². The molecule has 0 bridgehead atoms. The van der Waals surface area contributed by atoms with Crippen molar-refractivity contribution >= 4 is 17.7 Å². The van der Waals surface area contributed by atoms with Gasteiger partial charge in [0.15, 0.2) is 5.78 Å². The standard InChI is InChI=1S/C15H21NO6/c1-3-7-8(13(19)20)4-5-15(16)9(14(21)22-2)6-10(17)12(18)11(7)15/h3,7-11,17H,1,4-6,16H2,2H3,(H,19,20)/t7-,8+,9-,10+,11-,15+/m0/s1. The number of aliphatic carboxylic acids is 1. The van der Waals surface area contributed by atoms with Gasteiger partial charge in [-0.3, -0.25) is 14.4 Å². The SMILES string of the molecule is C=C[C@@H]1[C@H]2C(=O)[C@H](O)C[C@@H](C(=O)OC)[C@]2(N)CC[C@H]1C(=O)O. The maximum Gasteiger partial charge on any atom is 0.310 e. The summed E-state index contributed by atoms with van der Waals surface area (Å²) in [6.45, 7) is 3.62. The maximum atomic E-state index is 12.4. The molecule has 2 aliphatic carbocycles. The summed E-state index contributed by atoms with van der Waals surface area (Å²) in [5.41, 5.74) is 5.18. The lowest BCUT2D eigenvalue weighted by molar-refractivity contribution is -0.165. The predicted octanol–water partition coefficient (Wildman–Crippen LogP) is -0.280. The second-order valence-corrected chi connectivity index (χ2v) is 6.12. The summed E-state index contributed by atoms with van der Waals surface area (Å²) < 4.78 is 4.75. The number of carbonyl (C=O) groups is 3. The minimum Gasteiger partial charge on any atom is -0.481 e. The molecule has 122 valence electrons. The van der Waals surface area contributed by atoms with E-state index in [9.17, 15) is 24.6 Å². The molecule has 0 amide bonds. The molecule has 7 nitrogen and oxygen atoms in total. The number of Topliss-reactive ketones (excluding diaryl/α,β-unsaturated/α-hetero) is 1. The van der Waals surface area contributed by atoms with Gasteiger partial charge in [0.1, 0.15) is 6.10 Å². The van der Waals surface area contributed by atoms with E-state index >= 15 is 0 Å². The molecule has 0 aromatic heterocycles. The van der Waals surface area contributed by atoms with Crippen molar-refractivity contribution in [3.63, 3.8) is 0 Å². The number of allylic oxidation sites excluding steroid dienone is 1. The number of carbonyl (C=O) groups excluding carboxylic acids is 2. The first-order valence-electron chi connectivity index (χ1n) is 7.21. The van der Waals surface area contributed by atoms with Crippen LogP contribution < -0.4 is 5.73 Å². The van der Waals surface area contributed by atoms with Crippen LogP contribution in [0.1, 0.15) is 19.3 Å². The minimum atomic E-state index is -1.35. The average molecular weight is 311 g/mol. The Kier molecular flexibility index (Phi) is 4.39. The van der Waals surface area contributed by atoms with Crippen LogP contribution in [0.4, 0.5) is 0 Å². The van der Waals surface area contributed by atoms with Gasteiger partial charge in [-0.1, -0.05) is 6.08 Å². The van der Waals surface area contributed by atoms with Gasteiger partial charge < -0.3 is 20.7 Å². The van der Waals surface area contributed by atoms with E-state index < -0.39 is 53.0 Å². The molecule has 2 rings (SSSR count). The molecule has 2 fully saturated rings. The largest absolute Gasteiger partial charge is 0.481 e. The van der Waals surface area contributed by atoms with Gasteiger partial charge in [-0.05, 0) is 19.3 Å². The zero-order chi connectivity index (χ0) is 16.7. The van der Waals surface area contributed by atoms with Crippen molar-refractivity contribution in [2.24, 2.45) is 29.4 Å². The molecule has 0 aromatic rings. The monoisotopic (exact) mass is 311 g/mol. The predicted molar refractivity (Wildman–Crippen MR) is 75.6 cm³/mol. The lowest BCUT2D eigenvalue weighted by Crippen LogP contribution is -2.68. The van der Waals surface area contributed by atoms with E-state index in [0.717, 1.165) is 0 Å². The Balaban J connectivity index is 2.49. The van der Waals surface area contributed by atoms with Crippen LogP contribution in [0.2, 0.25) is 0 Å². The molecule has 7 heteroatoms. The summed E-state index contributed by atoms with van der Waals surface area (Å²) in [6.07, 6.45) is 0.405. The van der Waals surface area contributed by atoms with Crippen LogP contribution in [-0.4, -0.2) is 46.7 Å². The lowest BCUT2D eigenvalue weighted by atomic mass is 9.53. The molecular formula is C15H21NO6. The van der Waals surface area contributed by atoms with Crippen LogP contribution in [0.25, 0.3) is 0 Å². The van der Waals surface area contributed by atoms with Crippen molar-refractivity contribution in [2.45, 2.75) is 30.9 Å². The molecule has 2 saturated carbocycles. The van der Waals surface area contributed by atoms with Gasteiger partial charge in [0, 0.05) is 17.4 Å². The highest BCUT2D eigenvalue weighted by molar-refractivity contribution is 5.92.